The molecule has 2 aromatic rings. The number of carbonyl (C=O) groups excluding carboxylic acids is 3. The van der Waals surface area contributed by atoms with Gasteiger partial charge >= 0.3 is 0 Å². The van der Waals surface area contributed by atoms with Gasteiger partial charge in [-0.15, -0.1) is 0 Å². The summed E-state index contributed by atoms with van der Waals surface area (Å²) in [6.45, 7) is 6.90. The van der Waals surface area contributed by atoms with Crippen molar-refractivity contribution in [2.24, 2.45) is 5.41 Å². The second-order valence-corrected chi connectivity index (χ2v) is 13.1. The quantitative estimate of drug-likeness (QED) is 0.429. The summed E-state index contributed by atoms with van der Waals surface area (Å²) >= 11 is 0. The lowest BCUT2D eigenvalue weighted by molar-refractivity contribution is -0.136. The van der Waals surface area contributed by atoms with Gasteiger partial charge in [0.1, 0.15) is 6.04 Å². The highest BCUT2D eigenvalue weighted by Gasteiger charge is 2.41. The number of benzene rings is 2. The lowest BCUT2D eigenvalue weighted by atomic mass is 9.66. The third-order valence-corrected chi connectivity index (χ3v) is 10.8. The van der Waals surface area contributed by atoms with E-state index in [-0.39, 0.29) is 24.1 Å². The van der Waals surface area contributed by atoms with E-state index < -0.39 is 6.04 Å². The number of nitrogens with one attached hydrogen (secondary N) is 1. The van der Waals surface area contributed by atoms with Gasteiger partial charge < -0.3 is 20.4 Å². The van der Waals surface area contributed by atoms with Crippen LogP contribution in [0.3, 0.4) is 0 Å². The first-order chi connectivity index (χ1) is 20.4. The van der Waals surface area contributed by atoms with Crippen LogP contribution in [0.5, 0.6) is 0 Å². The Balaban J connectivity index is 0.910. The van der Waals surface area contributed by atoms with E-state index in [4.69, 9.17) is 5.73 Å². The van der Waals surface area contributed by atoms with Gasteiger partial charge in [-0.25, -0.2) is 0 Å². The number of carbonyl (C=O) groups is 3. The summed E-state index contributed by atoms with van der Waals surface area (Å²) < 4.78 is 0. The second-order valence-electron chi connectivity index (χ2n) is 13.1. The molecule has 7 rings (SSSR count). The highest BCUT2D eigenvalue weighted by molar-refractivity contribution is 6.05. The van der Waals surface area contributed by atoms with Crippen LogP contribution in [0.25, 0.3) is 0 Å². The smallest absolute Gasteiger partial charge is 0.255 e. The number of piperazine rings is 1. The molecule has 1 saturated carbocycles. The molecule has 2 aromatic carbocycles. The van der Waals surface area contributed by atoms with Crippen LogP contribution in [-0.4, -0.2) is 78.9 Å². The van der Waals surface area contributed by atoms with Crippen molar-refractivity contribution in [1.82, 2.24) is 15.1 Å². The monoisotopic (exact) mass is 570 g/mol. The molecule has 222 valence electrons. The standard InChI is InChI=1S/C33H42N6O3/c34-24-2-5-25(6-3-24)37-17-19-38(20-18-37)26-9-11-33(12-10-26)13-15-36(16-14-33)27-4-1-23-22-39(32(42)28(23)21-27)29-7-8-30(40)35-31(29)41/h1-6,21,26,29H,7-20,22,34H2,(H,35,40,41). The number of anilines is 3. The van der Waals surface area contributed by atoms with Gasteiger partial charge in [0.15, 0.2) is 0 Å². The number of amides is 3. The van der Waals surface area contributed by atoms with Gasteiger partial charge in [-0.1, -0.05) is 6.07 Å². The van der Waals surface area contributed by atoms with Crippen molar-refractivity contribution in [3.63, 3.8) is 0 Å². The van der Waals surface area contributed by atoms with Crippen LogP contribution in [0.15, 0.2) is 42.5 Å². The Labute approximate surface area is 248 Å². The van der Waals surface area contributed by atoms with Crippen LogP contribution in [0.2, 0.25) is 0 Å². The lowest BCUT2D eigenvalue weighted by Gasteiger charge is -2.49. The number of imide groups is 1. The molecule has 0 bridgehead atoms. The molecule has 3 amide bonds. The Bertz CT molecular complexity index is 1350. The van der Waals surface area contributed by atoms with Crippen LogP contribution >= 0.6 is 0 Å². The molecule has 3 N–H and O–H groups in total. The van der Waals surface area contributed by atoms with Crippen LogP contribution in [0.4, 0.5) is 17.1 Å². The number of nitrogen functional groups attached to an aromatic ring is 1. The van der Waals surface area contributed by atoms with Gasteiger partial charge in [-0.3, -0.25) is 24.6 Å². The van der Waals surface area contributed by atoms with Gasteiger partial charge in [0.2, 0.25) is 11.8 Å². The molecule has 9 nitrogen and oxygen atoms in total. The third-order valence-electron chi connectivity index (χ3n) is 10.8. The molecule has 1 unspecified atom stereocenters. The third kappa shape index (κ3) is 5.12. The highest BCUT2D eigenvalue weighted by atomic mass is 16.2. The zero-order chi connectivity index (χ0) is 28.8. The normalized spacial score (nSPS) is 25.2. The van der Waals surface area contributed by atoms with Crippen molar-refractivity contribution < 1.29 is 14.4 Å². The minimum absolute atomic E-state index is 0.0950. The van der Waals surface area contributed by atoms with E-state index in [9.17, 15) is 14.4 Å². The molecule has 9 heteroatoms. The van der Waals surface area contributed by atoms with E-state index in [2.05, 4.69) is 44.3 Å². The van der Waals surface area contributed by atoms with Crippen molar-refractivity contribution in [3.05, 3.63) is 53.6 Å². The summed E-state index contributed by atoms with van der Waals surface area (Å²) in [5, 5.41) is 2.39. The van der Waals surface area contributed by atoms with E-state index in [1.807, 2.05) is 18.2 Å². The molecule has 4 fully saturated rings. The van der Waals surface area contributed by atoms with Gasteiger partial charge in [0.25, 0.3) is 5.91 Å². The van der Waals surface area contributed by atoms with Crippen molar-refractivity contribution in [1.29, 1.82) is 0 Å². The first-order valence-electron chi connectivity index (χ1n) is 15.7. The molecule has 0 radical (unpaired) electrons. The molecule has 4 heterocycles. The minimum atomic E-state index is -0.566. The summed E-state index contributed by atoms with van der Waals surface area (Å²) in [4.78, 5) is 46.5. The van der Waals surface area contributed by atoms with Crippen LogP contribution in [0.1, 0.15) is 67.3 Å². The number of nitrogens with zero attached hydrogens (tertiary/aromatic N) is 4. The summed E-state index contributed by atoms with van der Waals surface area (Å²) in [6.07, 6.45) is 8.30. The highest BCUT2D eigenvalue weighted by Crippen LogP contribution is 2.46. The van der Waals surface area contributed by atoms with Crippen molar-refractivity contribution in [2.75, 3.05) is 54.8 Å². The van der Waals surface area contributed by atoms with Crippen LogP contribution < -0.4 is 20.9 Å². The summed E-state index contributed by atoms with van der Waals surface area (Å²) in [5.74, 6) is -0.709. The van der Waals surface area contributed by atoms with Crippen molar-refractivity contribution in [2.45, 2.75) is 70.0 Å². The first kappa shape index (κ1) is 27.3. The Kier molecular flexibility index (Phi) is 7.08. The van der Waals surface area contributed by atoms with Gasteiger partial charge in [0.05, 0.1) is 0 Å². The van der Waals surface area contributed by atoms with Gasteiger partial charge in [-0.2, -0.15) is 0 Å². The van der Waals surface area contributed by atoms with Crippen molar-refractivity contribution in [3.8, 4) is 0 Å². The number of fused-ring (bicyclic) bond motifs is 1. The fraction of sp³-hybridized carbons (Fsp3) is 0.545. The predicted octanol–water partition coefficient (Wildman–Crippen LogP) is 3.38. The molecule has 1 aliphatic carbocycles. The minimum Gasteiger partial charge on any atom is -0.399 e. The van der Waals surface area contributed by atoms with Gasteiger partial charge in [0, 0.05) is 80.9 Å². The Morgan fingerprint density at radius 1 is 0.762 bits per heavy atom. The van der Waals surface area contributed by atoms with Crippen LogP contribution in [-0.2, 0) is 16.1 Å². The SMILES string of the molecule is Nc1ccc(N2CCN(C3CCC4(CC3)CCN(c3ccc5c(c3)C(=O)N(C3CCC(=O)NC3=O)C5)CC4)CC2)cc1. The number of nitrogens with two attached hydrogens (primary N) is 1. The summed E-state index contributed by atoms with van der Waals surface area (Å²) in [5.41, 5.74) is 11.2. The molecule has 42 heavy (non-hydrogen) atoms. The predicted molar refractivity (Wildman–Crippen MR) is 163 cm³/mol. The molecular formula is C33H42N6O3. The molecule has 1 atom stereocenters. The fourth-order valence-electron chi connectivity index (χ4n) is 8.09. The number of hydrogen-bond donors (Lipinski definition) is 2. The maximum absolute atomic E-state index is 13.3. The molecule has 0 aromatic heterocycles. The van der Waals surface area contributed by atoms with Gasteiger partial charge in [-0.05, 0) is 92.3 Å². The van der Waals surface area contributed by atoms with E-state index in [0.29, 0.717) is 30.0 Å². The van der Waals surface area contributed by atoms with E-state index in [0.717, 1.165) is 56.2 Å². The second kappa shape index (κ2) is 10.9. The topological polar surface area (TPSA) is 102 Å². The molecule has 5 aliphatic rings. The fourth-order valence-corrected chi connectivity index (χ4v) is 8.09. The van der Waals surface area contributed by atoms with E-state index >= 15 is 0 Å². The van der Waals surface area contributed by atoms with Crippen molar-refractivity contribution >= 4 is 34.8 Å². The summed E-state index contributed by atoms with van der Waals surface area (Å²) in [7, 11) is 0. The average molecular weight is 571 g/mol. The Morgan fingerprint density at radius 2 is 1.43 bits per heavy atom. The zero-order valence-electron chi connectivity index (χ0n) is 24.4. The Morgan fingerprint density at radius 3 is 2.12 bits per heavy atom. The number of rotatable bonds is 4. The van der Waals surface area contributed by atoms with Crippen LogP contribution in [0, 0.1) is 5.41 Å². The maximum Gasteiger partial charge on any atom is 0.255 e. The number of piperidine rings is 2. The van der Waals surface area contributed by atoms with E-state index in [1.165, 1.54) is 44.2 Å². The largest absolute Gasteiger partial charge is 0.399 e. The van der Waals surface area contributed by atoms with E-state index in [1.54, 1.807) is 4.90 Å². The molecule has 1 spiro atoms. The molecule has 4 aliphatic heterocycles. The maximum atomic E-state index is 13.3. The zero-order valence-corrected chi connectivity index (χ0v) is 24.4. The lowest BCUT2D eigenvalue weighted by Crippen LogP contribution is -2.52. The number of hydrogen-bond acceptors (Lipinski definition) is 7. The first-order valence-corrected chi connectivity index (χ1v) is 15.7. The Hall–Kier alpha value is -3.59. The average Bonchev–Trinajstić information content (AvgIpc) is 3.34. The summed E-state index contributed by atoms with van der Waals surface area (Å²) in [6, 6.07) is 14.6. The molecular weight excluding hydrogens is 528 g/mol. The molecule has 3 saturated heterocycles.